The van der Waals surface area contributed by atoms with E-state index in [-0.39, 0.29) is 0 Å². The lowest BCUT2D eigenvalue weighted by molar-refractivity contribution is 0.112. The predicted octanol–water partition coefficient (Wildman–Crippen LogP) is 6.55. The molecular weight excluding hydrogens is 613 g/mol. The number of H-pyrrole nitrogens is 4. The number of hydrogen-bond acceptors (Lipinski definition) is 1. The number of rotatable bonds is 4. The number of carbonyl (C=O) groups excluding carboxylic acids is 1. The number of aromatic nitrogens is 4. The van der Waals surface area contributed by atoms with Crippen molar-refractivity contribution in [2.24, 2.45) is 0 Å². The van der Waals surface area contributed by atoms with Crippen LogP contribution in [0.1, 0.15) is 83.2 Å². The van der Waals surface area contributed by atoms with Gasteiger partial charge in [0.25, 0.3) is 0 Å². The van der Waals surface area contributed by atoms with E-state index >= 15 is 0 Å². The van der Waals surface area contributed by atoms with Gasteiger partial charge >= 0.3 is 0 Å². The number of fused-ring (bicyclic) bond motifs is 8. The van der Waals surface area contributed by atoms with Gasteiger partial charge in [0.05, 0.1) is 0 Å². The summed E-state index contributed by atoms with van der Waals surface area (Å²) >= 11 is 0. The standard InChI is InChI=1S/C45H40N4O/c1-25-19-27(3)41(28(4)20-25)44-37-13-11-33(46-37)23-34-12-14-38(47-34)45(42-29(5)21-26(2)22-30(42)6)40-18-16-36(49-40)43(35-15-17-39(44)48-35)32-9-7-31(24-50)8-10-32/h7-24,46-49H,1-6H3. The molecule has 5 nitrogen and oxygen atoms in total. The first-order valence-corrected chi connectivity index (χ1v) is 17.1. The van der Waals surface area contributed by atoms with Gasteiger partial charge < -0.3 is 19.9 Å². The van der Waals surface area contributed by atoms with Crippen LogP contribution in [-0.2, 0) is 0 Å². The van der Waals surface area contributed by atoms with E-state index in [9.17, 15) is 4.79 Å². The normalized spacial score (nSPS) is 12.7. The maximum absolute atomic E-state index is 11.6. The molecular formula is C45H40N4O. The molecule has 0 saturated carbocycles. The van der Waals surface area contributed by atoms with Crippen LogP contribution < -0.4 is 21.4 Å². The lowest BCUT2D eigenvalue weighted by atomic mass is 9.92. The van der Waals surface area contributed by atoms with Gasteiger partial charge in [-0.05, 0) is 135 Å². The summed E-state index contributed by atoms with van der Waals surface area (Å²) in [5.41, 5.74) is 18.8. The van der Waals surface area contributed by atoms with Crippen LogP contribution in [0.25, 0.3) is 22.8 Å². The molecule has 5 heterocycles. The van der Waals surface area contributed by atoms with E-state index in [2.05, 4.69) is 140 Å². The second kappa shape index (κ2) is 12.1. The molecule has 0 aliphatic carbocycles. The molecule has 0 atom stereocenters. The highest BCUT2D eigenvalue weighted by molar-refractivity contribution is 5.86. The first kappa shape index (κ1) is 31.2. The Kier molecular flexibility index (Phi) is 7.56. The molecule has 1 aliphatic rings. The van der Waals surface area contributed by atoms with E-state index in [0.29, 0.717) is 5.56 Å². The Morgan fingerprint density at radius 2 is 0.940 bits per heavy atom. The van der Waals surface area contributed by atoms with E-state index in [4.69, 9.17) is 0 Å². The Hall–Kier alpha value is -6.07. The Bertz CT molecular complexity index is 2680. The molecule has 0 spiro atoms. The average molecular weight is 653 g/mol. The van der Waals surface area contributed by atoms with Crippen molar-refractivity contribution in [3.8, 4) is 0 Å². The van der Waals surface area contributed by atoms with Crippen LogP contribution in [0, 0.1) is 41.5 Å². The number of aldehydes is 1. The third kappa shape index (κ3) is 5.41. The van der Waals surface area contributed by atoms with Crippen molar-refractivity contribution >= 4 is 29.1 Å². The summed E-state index contributed by atoms with van der Waals surface area (Å²) < 4.78 is 0. The lowest BCUT2D eigenvalue weighted by Gasteiger charge is -2.15. The van der Waals surface area contributed by atoms with Gasteiger partial charge in [-0.15, -0.1) is 0 Å². The molecule has 0 saturated heterocycles. The second-order valence-corrected chi connectivity index (χ2v) is 13.8. The van der Waals surface area contributed by atoms with Gasteiger partial charge in [-0.1, -0.05) is 59.7 Å². The molecule has 0 radical (unpaired) electrons. The molecule has 8 bridgehead atoms. The minimum Gasteiger partial charge on any atom is -0.355 e. The number of benzene rings is 3. The first-order chi connectivity index (χ1) is 24.2. The van der Waals surface area contributed by atoms with E-state index < -0.39 is 0 Å². The second-order valence-electron chi connectivity index (χ2n) is 13.8. The van der Waals surface area contributed by atoms with Crippen LogP contribution >= 0.6 is 0 Å². The van der Waals surface area contributed by atoms with Gasteiger partial charge in [0.15, 0.2) is 0 Å². The molecule has 7 aromatic rings. The van der Waals surface area contributed by atoms with Crippen molar-refractivity contribution in [1.29, 1.82) is 0 Å². The Morgan fingerprint density at radius 1 is 0.460 bits per heavy atom. The number of carbonyl (C=O) groups is 1. The van der Waals surface area contributed by atoms with Crippen LogP contribution in [0.3, 0.4) is 0 Å². The first-order valence-electron chi connectivity index (χ1n) is 17.1. The Balaban J connectivity index is 1.51. The zero-order valence-corrected chi connectivity index (χ0v) is 29.3. The van der Waals surface area contributed by atoms with Crippen LogP contribution in [0.5, 0.6) is 0 Å². The minimum atomic E-state index is 0.644. The van der Waals surface area contributed by atoms with Gasteiger partial charge in [0, 0.05) is 66.5 Å². The quantitative estimate of drug-likeness (QED) is 0.160. The van der Waals surface area contributed by atoms with E-state index in [1.54, 1.807) is 0 Å². The van der Waals surface area contributed by atoms with Crippen LogP contribution in [0.4, 0.5) is 0 Å². The maximum atomic E-state index is 11.6. The van der Waals surface area contributed by atoms with Crippen LogP contribution in [0.15, 0.2) is 97.1 Å². The molecule has 5 heteroatoms. The zero-order valence-electron chi connectivity index (χ0n) is 29.3. The number of aromatic amines is 4. The van der Waals surface area contributed by atoms with E-state index in [0.717, 1.165) is 72.7 Å². The van der Waals surface area contributed by atoms with Crippen molar-refractivity contribution < 1.29 is 4.79 Å². The molecule has 1 aliphatic heterocycles. The highest BCUT2D eigenvalue weighted by Crippen LogP contribution is 2.31. The fourth-order valence-electron chi connectivity index (χ4n) is 7.99. The Morgan fingerprint density at radius 3 is 1.52 bits per heavy atom. The number of aryl methyl sites for hydroxylation is 6. The fourth-order valence-corrected chi connectivity index (χ4v) is 7.99. The molecule has 4 aromatic heterocycles. The SMILES string of the molecule is Cc1cc(C)c(C2=c3ccc([nH]3)=Cc3ccc([nH]3)C(c3c(C)cc(C)cc3C)=c3ccc([nH]3)=C(c3ccc(C=O)cc3)c3ccc2[nH]3)c(C)c1. The van der Waals surface area contributed by atoms with Gasteiger partial charge in [0.2, 0.25) is 0 Å². The zero-order chi connectivity index (χ0) is 34.7. The summed E-state index contributed by atoms with van der Waals surface area (Å²) in [6, 6.07) is 34.2. The summed E-state index contributed by atoms with van der Waals surface area (Å²) in [7, 11) is 0. The smallest absolute Gasteiger partial charge is 0.150 e. The minimum absolute atomic E-state index is 0.644. The topological polar surface area (TPSA) is 80.2 Å². The number of nitrogens with one attached hydrogen (secondary N) is 4. The van der Waals surface area contributed by atoms with E-state index in [1.165, 1.54) is 44.5 Å². The molecule has 8 rings (SSSR count). The fraction of sp³-hybridized carbons (Fsp3) is 0.133. The van der Waals surface area contributed by atoms with Gasteiger partial charge in [-0.25, -0.2) is 0 Å². The molecule has 0 unspecified atom stereocenters. The summed E-state index contributed by atoms with van der Waals surface area (Å²) in [5.74, 6) is 0. The molecule has 50 heavy (non-hydrogen) atoms. The summed E-state index contributed by atoms with van der Waals surface area (Å²) in [6.07, 6.45) is 3.06. The third-order valence-corrected chi connectivity index (χ3v) is 9.91. The number of hydrogen-bond donors (Lipinski definition) is 4. The van der Waals surface area contributed by atoms with Crippen molar-refractivity contribution in [2.75, 3.05) is 0 Å². The van der Waals surface area contributed by atoms with Crippen molar-refractivity contribution in [3.05, 3.63) is 197 Å². The predicted molar refractivity (Wildman–Crippen MR) is 203 cm³/mol. The van der Waals surface area contributed by atoms with Gasteiger partial charge in [-0.3, -0.25) is 4.79 Å². The lowest BCUT2D eigenvalue weighted by Crippen LogP contribution is -2.19. The molecule has 3 aromatic carbocycles. The molecule has 4 N–H and O–H groups in total. The third-order valence-electron chi connectivity index (χ3n) is 9.91. The van der Waals surface area contributed by atoms with Crippen LogP contribution in [0.2, 0.25) is 0 Å². The summed E-state index contributed by atoms with van der Waals surface area (Å²) in [5, 5.41) is 4.05. The summed E-state index contributed by atoms with van der Waals surface area (Å²) in [6.45, 7) is 13.1. The van der Waals surface area contributed by atoms with Crippen molar-refractivity contribution in [2.45, 2.75) is 41.5 Å². The van der Waals surface area contributed by atoms with Crippen molar-refractivity contribution in [3.63, 3.8) is 0 Å². The Labute approximate surface area is 291 Å². The molecule has 246 valence electrons. The van der Waals surface area contributed by atoms with E-state index in [1.807, 2.05) is 24.3 Å². The highest BCUT2D eigenvalue weighted by Gasteiger charge is 2.19. The molecule has 0 amide bonds. The van der Waals surface area contributed by atoms with Crippen molar-refractivity contribution in [1.82, 2.24) is 19.9 Å². The van der Waals surface area contributed by atoms with Gasteiger partial charge in [-0.2, -0.15) is 0 Å². The monoisotopic (exact) mass is 652 g/mol. The maximum Gasteiger partial charge on any atom is 0.150 e. The average Bonchev–Trinajstić information content (AvgIpc) is 3.90. The largest absolute Gasteiger partial charge is 0.355 e. The highest BCUT2D eigenvalue weighted by atomic mass is 16.1. The van der Waals surface area contributed by atoms with Gasteiger partial charge in [0.1, 0.15) is 6.29 Å². The summed E-state index contributed by atoms with van der Waals surface area (Å²) in [4.78, 5) is 26.8. The van der Waals surface area contributed by atoms with Crippen LogP contribution in [-0.4, -0.2) is 26.2 Å². The molecule has 0 fully saturated rings.